The molecule has 2 rings (SSSR count). The summed E-state index contributed by atoms with van der Waals surface area (Å²) in [6.07, 6.45) is 5.57. The summed E-state index contributed by atoms with van der Waals surface area (Å²) >= 11 is 0. The van der Waals surface area contributed by atoms with Gasteiger partial charge in [-0.3, -0.25) is 0 Å². The predicted octanol–water partition coefficient (Wildman–Crippen LogP) is 1.31. The molecule has 1 N–H and O–H groups in total. The zero-order valence-corrected chi connectivity index (χ0v) is 7.23. The van der Waals surface area contributed by atoms with Gasteiger partial charge in [0.1, 0.15) is 0 Å². The molecule has 1 saturated heterocycles. The summed E-state index contributed by atoms with van der Waals surface area (Å²) in [5, 5.41) is 3.35. The first-order chi connectivity index (χ1) is 5.29. The highest BCUT2D eigenvalue weighted by Crippen LogP contribution is 2.33. The Morgan fingerprint density at radius 1 is 1.27 bits per heavy atom. The van der Waals surface area contributed by atoms with Crippen LogP contribution in [0.4, 0.5) is 0 Å². The van der Waals surface area contributed by atoms with Crippen LogP contribution in [0.1, 0.15) is 32.6 Å². The van der Waals surface area contributed by atoms with Gasteiger partial charge in [0.2, 0.25) is 0 Å². The molecule has 1 aliphatic carbocycles. The van der Waals surface area contributed by atoms with E-state index in [-0.39, 0.29) is 5.60 Å². The Morgan fingerprint density at radius 2 is 1.91 bits per heavy atom. The predicted molar refractivity (Wildman–Crippen MR) is 44.6 cm³/mol. The lowest BCUT2D eigenvalue weighted by molar-refractivity contribution is -0.0620. The minimum atomic E-state index is 0.201. The van der Waals surface area contributed by atoms with Crippen molar-refractivity contribution in [3.63, 3.8) is 0 Å². The number of rotatable bonds is 2. The van der Waals surface area contributed by atoms with Crippen molar-refractivity contribution in [2.45, 2.75) is 44.3 Å². The van der Waals surface area contributed by atoms with Crippen molar-refractivity contribution >= 4 is 0 Å². The third kappa shape index (κ3) is 1.94. The van der Waals surface area contributed by atoms with Crippen LogP contribution in [0.5, 0.6) is 0 Å². The molecule has 0 unspecified atom stereocenters. The van der Waals surface area contributed by atoms with E-state index in [0.717, 1.165) is 13.1 Å². The van der Waals surface area contributed by atoms with E-state index in [1.54, 1.807) is 0 Å². The molecule has 0 aromatic rings. The van der Waals surface area contributed by atoms with Gasteiger partial charge in [-0.1, -0.05) is 0 Å². The van der Waals surface area contributed by atoms with E-state index in [4.69, 9.17) is 4.74 Å². The second-order valence-electron chi connectivity index (χ2n) is 4.02. The van der Waals surface area contributed by atoms with Gasteiger partial charge in [0.25, 0.3) is 0 Å². The Morgan fingerprint density at radius 3 is 2.45 bits per heavy atom. The van der Waals surface area contributed by atoms with E-state index in [1.165, 1.54) is 25.7 Å². The van der Waals surface area contributed by atoms with Crippen LogP contribution in [0.3, 0.4) is 0 Å². The van der Waals surface area contributed by atoms with E-state index in [0.29, 0.717) is 6.10 Å². The second kappa shape index (κ2) is 2.76. The van der Waals surface area contributed by atoms with E-state index in [2.05, 4.69) is 12.2 Å². The molecule has 2 heteroatoms. The van der Waals surface area contributed by atoms with Gasteiger partial charge < -0.3 is 10.1 Å². The fourth-order valence-corrected chi connectivity index (χ4v) is 1.66. The molecule has 1 heterocycles. The Labute approximate surface area is 68.3 Å². The van der Waals surface area contributed by atoms with Crippen molar-refractivity contribution in [1.82, 2.24) is 5.32 Å². The molecule has 0 aromatic carbocycles. The van der Waals surface area contributed by atoms with Gasteiger partial charge in [0.15, 0.2) is 0 Å². The number of ether oxygens (including phenoxy) is 1. The molecule has 0 spiro atoms. The largest absolute Gasteiger partial charge is 0.372 e. The van der Waals surface area contributed by atoms with Gasteiger partial charge in [-0.05, 0) is 45.7 Å². The number of piperidine rings is 1. The summed E-state index contributed by atoms with van der Waals surface area (Å²) in [5.74, 6) is 0. The van der Waals surface area contributed by atoms with Gasteiger partial charge in [0.05, 0.1) is 11.7 Å². The average molecular weight is 155 g/mol. The fourth-order valence-electron chi connectivity index (χ4n) is 1.66. The first-order valence-corrected chi connectivity index (χ1v) is 4.67. The normalized spacial score (nSPS) is 30.3. The zero-order chi connectivity index (χ0) is 7.73. The highest BCUT2D eigenvalue weighted by Gasteiger charge is 2.34. The quantitative estimate of drug-likeness (QED) is 0.649. The van der Waals surface area contributed by atoms with Crippen LogP contribution in [-0.4, -0.2) is 24.8 Å². The van der Waals surface area contributed by atoms with Gasteiger partial charge in [-0.2, -0.15) is 0 Å². The molecular formula is C9H17NO. The summed E-state index contributed by atoms with van der Waals surface area (Å²) in [5.41, 5.74) is 0.201. The van der Waals surface area contributed by atoms with E-state index in [1.807, 2.05) is 0 Å². The van der Waals surface area contributed by atoms with Crippen LogP contribution in [0.15, 0.2) is 0 Å². The summed E-state index contributed by atoms with van der Waals surface area (Å²) < 4.78 is 5.95. The summed E-state index contributed by atoms with van der Waals surface area (Å²) in [6, 6.07) is 0. The Bertz CT molecular complexity index is 136. The number of nitrogens with one attached hydrogen (secondary N) is 1. The van der Waals surface area contributed by atoms with Crippen molar-refractivity contribution in [2.75, 3.05) is 13.1 Å². The third-order valence-corrected chi connectivity index (χ3v) is 2.64. The molecule has 1 aliphatic heterocycles. The summed E-state index contributed by atoms with van der Waals surface area (Å²) in [6.45, 7) is 4.51. The lowest BCUT2D eigenvalue weighted by Crippen LogP contribution is -2.42. The maximum atomic E-state index is 5.95. The minimum Gasteiger partial charge on any atom is -0.372 e. The van der Waals surface area contributed by atoms with Crippen LogP contribution in [0, 0.1) is 0 Å². The maximum absolute atomic E-state index is 5.95. The van der Waals surface area contributed by atoms with Crippen LogP contribution in [0.25, 0.3) is 0 Å². The number of hydrogen-bond acceptors (Lipinski definition) is 2. The smallest absolute Gasteiger partial charge is 0.0682 e. The fraction of sp³-hybridized carbons (Fsp3) is 1.00. The molecule has 2 aliphatic rings. The van der Waals surface area contributed by atoms with Crippen molar-refractivity contribution in [1.29, 1.82) is 0 Å². The van der Waals surface area contributed by atoms with Crippen LogP contribution < -0.4 is 5.32 Å². The van der Waals surface area contributed by atoms with E-state index < -0.39 is 0 Å². The van der Waals surface area contributed by atoms with Gasteiger partial charge in [-0.25, -0.2) is 0 Å². The van der Waals surface area contributed by atoms with Crippen molar-refractivity contribution in [3.8, 4) is 0 Å². The SMILES string of the molecule is CC1(OC2CC2)CCNCC1. The highest BCUT2D eigenvalue weighted by atomic mass is 16.5. The molecule has 2 nitrogen and oxygen atoms in total. The Kier molecular flexibility index (Phi) is 1.90. The Balaban J connectivity index is 1.84. The standard InChI is InChI=1S/C9H17NO/c1-9(11-8-2-3-8)4-6-10-7-5-9/h8,10H,2-7H2,1H3. The third-order valence-electron chi connectivity index (χ3n) is 2.64. The molecule has 11 heavy (non-hydrogen) atoms. The van der Waals surface area contributed by atoms with E-state index in [9.17, 15) is 0 Å². The molecule has 0 atom stereocenters. The van der Waals surface area contributed by atoms with Crippen LogP contribution in [-0.2, 0) is 4.74 Å². The molecule has 2 fully saturated rings. The number of hydrogen-bond donors (Lipinski definition) is 1. The van der Waals surface area contributed by atoms with Crippen LogP contribution in [0.2, 0.25) is 0 Å². The zero-order valence-electron chi connectivity index (χ0n) is 7.23. The van der Waals surface area contributed by atoms with Crippen LogP contribution >= 0.6 is 0 Å². The molecule has 64 valence electrons. The lowest BCUT2D eigenvalue weighted by atomic mass is 9.95. The minimum absolute atomic E-state index is 0.201. The summed E-state index contributed by atoms with van der Waals surface area (Å²) in [7, 11) is 0. The molecule has 0 bridgehead atoms. The molecule has 0 radical (unpaired) electrons. The van der Waals surface area contributed by atoms with Crippen molar-refractivity contribution in [2.24, 2.45) is 0 Å². The van der Waals surface area contributed by atoms with Gasteiger partial charge in [-0.15, -0.1) is 0 Å². The second-order valence-corrected chi connectivity index (χ2v) is 4.02. The first-order valence-electron chi connectivity index (χ1n) is 4.67. The Hall–Kier alpha value is -0.0800. The molecule has 1 saturated carbocycles. The highest BCUT2D eigenvalue weighted by molar-refractivity contribution is 4.86. The molecule has 0 amide bonds. The molecular weight excluding hydrogens is 138 g/mol. The average Bonchev–Trinajstić information content (AvgIpc) is 2.72. The molecule has 0 aromatic heterocycles. The monoisotopic (exact) mass is 155 g/mol. The van der Waals surface area contributed by atoms with Gasteiger partial charge >= 0.3 is 0 Å². The maximum Gasteiger partial charge on any atom is 0.0682 e. The van der Waals surface area contributed by atoms with E-state index >= 15 is 0 Å². The van der Waals surface area contributed by atoms with Gasteiger partial charge in [0, 0.05) is 0 Å². The van der Waals surface area contributed by atoms with Crippen molar-refractivity contribution < 1.29 is 4.74 Å². The topological polar surface area (TPSA) is 21.3 Å². The summed E-state index contributed by atoms with van der Waals surface area (Å²) in [4.78, 5) is 0. The lowest BCUT2D eigenvalue weighted by Gasteiger charge is -2.34. The van der Waals surface area contributed by atoms with Crippen molar-refractivity contribution in [3.05, 3.63) is 0 Å². The first kappa shape index (κ1) is 7.56.